The number of carbonyl (C=O) groups excluding carboxylic acids is 4. The third-order valence-corrected chi connectivity index (χ3v) is 5.01. The number of hydrogen-bond acceptors (Lipinski definition) is 6. The van der Waals surface area contributed by atoms with Gasteiger partial charge in [-0.3, -0.25) is 24.0 Å². The SMILES string of the molecule is CC(C)(C)ON(C=O)Cc1ccc(CCOC(=O)C2C(=O)Nc3cc(Cl)ccc3C2=O)cc1. The first-order valence-electron chi connectivity index (χ1n) is 10.4. The number of esters is 1. The smallest absolute Gasteiger partial charge is 0.326 e. The van der Waals surface area contributed by atoms with Crippen molar-refractivity contribution in [2.45, 2.75) is 39.3 Å². The van der Waals surface area contributed by atoms with E-state index >= 15 is 0 Å². The highest BCUT2D eigenvalue weighted by molar-refractivity contribution is 6.33. The van der Waals surface area contributed by atoms with Crippen LogP contribution in [0.2, 0.25) is 5.02 Å². The number of halogens is 1. The van der Waals surface area contributed by atoms with E-state index in [9.17, 15) is 19.2 Å². The van der Waals surface area contributed by atoms with Gasteiger partial charge in [-0.05, 0) is 50.1 Å². The Hall–Kier alpha value is -3.23. The molecule has 33 heavy (non-hydrogen) atoms. The number of amides is 2. The second-order valence-electron chi connectivity index (χ2n) is 8.59. The molecule has 2 amide bonds. The summed E-state index contributed by atoms with van der Waals surface area (Å²) < 4.78 is 5.21. The number of hydrogen-bond donors (Lipinski definition) is 1. The van der Waals surface area contributed by atoms with Crippen molar-refractivity contribution in [2.24, 2.45) is 5.92 Å². The fraction of sp³-hybridized carbons (Fsp3) is 0.333. The molecule has 2 aromatic rings. The second kappa shape index (κ2) is 10.1. The van der Waals surface area contributed by atoms with Gasteiger partial charge in [-0.1, -0.05) is 35.9 Å². The Morgan fingerprint density at radius 2 is 1.79 bits per heavy atom. The van der Waals surface area contributed by atoms with E-state index in [-0.39, 0.29) is 17.9 Å². The largest absolute Gasteiger partial charge is 0.464 e. The topological polar surface area (TPSA) is 102 Å². The van der Waals surface area contributed by atoms with E-state index in [0.29, 0.717) is 24.4 Å². The summed E-state index contributed by atoms with van der Waals surface area (Å²) in [5.74, 6) is -3.79. The van der Waals surface area contributed by atoms with Crippen LogP contribution in [0, 0.1) is 5.92 Å². The van der Waals surface area contributed by atoms with Crippen LogP contribution in [0.1, 0.15) is 42.3 Å². The number of rotatable bonds is 8. The quantitative estimate of drug-likeness (QED) is 0.273. The fourth-order valence-corrected chi connectivity index (χ4v) is 3.49. The molecular formula is C24H25ClN2O6. The molecule has 1 aliphatic rings. The highest BCUT2D eigenvalue weighted by Gasteiger charge is 2.41. The highest BCUT2D eigenvalue weighted by atomic mass is 35.5. The molecule has 0 aromatic heterocycles. The van der Waals surface area contributed by atoms with Crippen LogP contribution in [0.5, 0.6) is 0 Å². The van der Waals surface area contributed by atoms with E-state index in [0.717, 1.165) is 11.1 Å². The van der Waals surface area contributed by atoms with Crippen LogP contribution < -0.4 is 5.32 Å². The molecular weight excluding hydrogens is 448 g/mol. The minimum atomic E-state index is -1.54. The number of fused-ring (bicyclic) bond motifs is 1. The Kier molecular flexibility index (Phi) is 7.50. The Morgan fingerprint density at radius 3 is 2.42 bits per heavy atom. The third kappa shape index (κ3) is 6.40. The van der Waals surface area contributed by atoms with Crippen LogP contribution in [-0.4, -0.2) is 41.3 Å². The molecule has 1 unspecified atom stereocenters. The maximum Gasteiger partial charge on any atom is 0.326 e. The first kappa shape index (κ1) is 24.4. The summed E-state index contributed by atoms with van der Waals surface area (Å²) in [6.45, 7) is 5.87. The molecule has 0 bridgehead atoms. The van der Waals surface area contributed by atoms with Gasteiger partial charge in [0, 0.05) is 17.0 Å². The maximum atomic E-state index is 12.6. The van der Waals surface area contributed by atoms with Crippen molar-refractivity contribution in [2.75, 3.05) is 11.9 Å². The van der Waals surface area contributed by atoms with Crippen molar-refractivity contribution in [3.8, 4) is 0 Å². The summed E-state index contributed by atoms with van der Waals surface area (Å²) in [6, 6.07) is 11.8. The molecule has 2 aromatic carbocycles. The number of nitrogens with zero attached hydrogens (tertiary/aromatic N) is 1. The molecule has 8 nitrogen and oxygen atoms in total. The average Bonchev–Trinajstić information content (AvgIpc) is 2.73. The minimum Gasteiger partial charge on any atom is -0.464 e. The summed E-state index contributed by atoms with van der Waals surface area (Å²) in [5.41, 5.74) is 1.77. The lowest BCUT2D eigenvalue weighted by Crippen LogP contribution is -2.41. The van der Waals surface area contributed by atoms with Crippen molar-refractivity contribution >= 4 is 41.4 Å². The second-order valence-corrected chi connectivity index (χ2v) is 9.03. The van der Waals surface area contributed by atoms with Crippen LogP contribution >= 0.6 is 11.6 Å². The van der Waals surface area contributed by atoms with Gasteiger partial charge in [0.25, 0.3) is 0 Å². The van der Waals surface area contributed by atoms with Crippen LogP contribution in [0.15, 0.2) is 42.5 Å². The molecule has 1 heterocycles. The molecule has 0 radical (unpaired) electrons. The Balaban J connectivity index is 1.53. The number of anilines is 1. The van der Waals surface area contributed by atoms with Gasteiger partial charge in [0.05, 0.1) is 24.4 Å². The first-order valence-corrected chi connectivity index (χ1v) is 10.8. The van der Waals surface area contributed by atoms with Crippen molar-refractivity contribution in [3.63, 3.8) is 0 Å². The number of ketones is 1. The van der Waals surface area contributed by atoms with E-state index in [1.807, 2.05) is 45.0 Å². The zero-order chi connectivity index (χ0) is 24.2. The Morgan fingerprint density at radius 1 is 1.12 bits per heavy atom. The Bertz CT molecular complexity index is 1060. The summed E-state index contributed by atoms with van der Waals surface area (Å²) in [6.07, 6.45) is 1.03. The minimum absolute atomic E-state index is 0.0102. The number of benzene rings is 2. The van der Waals surface area contributed by atoms with Gasteiger partial charge >= 0.3 is 5.97 Å². The van der Waals surface area contributed by atoms with Crippen LogP contribution in [0.4, 0.5) is 5.69 Å². The summed E-state index contributed by atoms with van der Waals surface area (Å²) >= 11 is 5.89. The van der Waals surface area contributed by atoms with E-state index in [4.69, 9.17) is 21.2 Å². The molecule has 0 fully saturated rings. The molecule has 0 saturated carbocycles. The Labute approximate surface area is 196 Å². The predicted molar refractivity (Wildman–Crippen MR) is 121 cm³/mol. The van der Waals surface area contributed by atoms with Crippen LogP contribution in [0.25, 0.3) is 0 Å². The number of Topliss-reactive ketones (excluding diaryl/α,β-unsaturated/α-hetero) is 1. The van der Waals surface area contributed by atoms with Gasteiger partial charge in [0.2, 0.25) is 12.3 Å². The van der Waals surface area contributed by atoms with Gasteiger partial charge in [-0.2, -0.15) is 0 Å². The van der Waals surface area contributed by atoms with E-state index in [1.165, 1.54) is 23.3 Å². The zero-order valence-electron chi connectivity index (χ0n) is 18.6. The summed E-state index contributed by atoms with van der Waals surface area (Å²) in [4.78, 5) is 54.1. The van der Waals surface area contributed by atoms with Gasteiger partial charge in [-0.15, -0.1) is 0 Å². The number of carbonyl (C=O) groups is 4. The first-order chi connectivity index (χ1) is 15.6. The standard InChI is InChI=1S/C24H25ClN2O6/c1-24(2,3)33-27(14-28)13-16-6-4-15(5-7-16)10-11-32-23(31)20-21(29)18-9-8-17(25)12-19(18)26-22(20)30/h4-9,12,14,20H,10-11,13H2,1-3H3,(H,26,30). The van der Waals surface area contributed by atoms with E-state index in [2.05, 4.69) is 5.32 Å². The normalized spacial score (nSPS) is 15.5. The molecule has 0 saturated heterocycles. The molecule has 9 heteroatoms. The molecule has 1 atom stereocenters. The summed E-state index contributed by atoms with van der Waals surface area (Å²) in [7, 11) is 0. The van der Waals surface area contributed by atoms with Crippen molar-refractivity contribution < 1.29 is 28.8 Å². The van der Waals surface area contributed by atoms with E-state index < -0.39 is 29.2 Å². The van der Waals surface area contributed by atoms with Gasteiger partial charge in [-0.25, -0.2) is 5.06 Å². The van der Waals surface area contributed by atoms with Crippen LogP contribution in [0.3, 0.4) is 0 Å². The van der Waals surface area contributed by atoms with Crippen molar-refractivity contribution in [1.29, 1.82) is 0 Å². The molecule has 0 aliphatic carbocycles. The van der Waals surface area contributed by atoms with Crippen molar-refractivity contribution in [3.05, 3.63) is 64.2 Å². The molecule has 1 aliphatic heterocycles. The number of nitrogens with one attached hydrogen (secondary N) is 1. The lowest BCUT2D eigenvalue weighted by molar-refractivity contribution is -0.220. The highest BCUT2D eigenvalue weighted by Crippen LogP contribution is 2.29. The molecule has 0 spiro atoms. The van der Waals surface area contributed by atoms with Crippen LogP contribution in [-0.2, 0) is 36.9 Å². The van der Waals surface area contributed by atoms with Gasteiger partial charge < -0.3 is 10.1 Å². The molecule has 174 valence electrons. The predicted octanol–water partition coefficient (Wildman–Crippen LogP) is 3.57. The van der Waals surface area contributed by atoms with E-state index in [1.54, 1.807) is 0 Å². The van der Waals surface area contributed by atoms with Gasteiger partial charge in [0.15, 0.2) is 11.7 Å². The third-order valence-electron chi connectivity index (χ3n) is 4.77. The maximum absolute atomic E-state index is 12.6. The van der Waals surface area contributed by atoms with Crippen molar-refractivity contribution in [1.82, 2.24) is 5.06 Å². The zero-order valence-corrected chi connectivity index (χ0v) is 19.3. The van der Waals surface area contributed by atoms with Gasteiger partial charge in [0.1, 0.15) is 0 Å². The molecule has 3 rings (SSSR count). The number of hydroxylamine groups is 2. The lowest BCUT2D eigenvalue weighted by atomic mass is 9.92. The fourth-order valence-electron chi connectivity index (χ4n) is 3.32. The average molecular weight is 473 g/mol. The number of ether oxygens (including phenoxy) is 1. The monoisotopic (exact) mass is 472 g/mol. The molecule has 1 N–H and O–H groups in total. The summed E-state index contributed by atoms with van der Waals surface area (Å²) in [5, 5.41) is 4.13. The lowest BCUT2D eigenvalue weighted by Gasteiger charge is -2.26.